The number of esters is 1. The van der Waals surface area contributed by atoms with Crippen LogP contribution >= 0.6 is 11.6 Å². The van der Waals surface area contributed by atoms with Crippen LogP contribution in [0.3, 0.4) is 0 Å². The monoisotopic (exact) mass is 337 g/mol. The molecular weight excluding hydrogens is 326 g/mol. The normalized spacial score (nSPS) is 10.7. The standard InChI is InChI=1S/C18H12ClN3O2/c19-14-3-5-15(6-4-14)21-22-16-7-9-17(10-8-16)24-18(23)13-2-1-11-20-12-13/h1-12H. The van der Waals surface area contributed by atoms with Crippen molar-refractivity contribution in [1.29, 1.82) is 0 Å². The van der Waals surface area contributed by atoms with Crippen LogP contribution in [0.1, 0.15) is 10.4 Å². The SMILES string of the molecule is O=C(Oc1ccc(N=Nc2ccc(Cl)cc2)cc1)c1cccnc1. The molecule has 0 unspecified atom stereocenters. The lowest BCUT2D eigenvalue weighted by molar-refractivity contribution is 0.0734. The summed E-state index contributed by atoms with van der Waals surface area (Å²) in [4.78, 5) is 15.8. The summed E-state index contributed by atoms with van der Waals surface area (Å²) >= 11 is 5.81. The van der Waals surface area contributed by atoms with Crippen molar-refractivity contribution in [2.75, 3.05) is 0 Å². The summed E-state index contributed by atoms with van der Waals surface area (Å²) in [5.74, 6) is -0.0343. The number of ether oxygens (including phenoxy) is 1. The number of benzene rings is 2. The van der Waals surface area contributed by atoms with Crippen LogP contribution in [0.15, 0.2) is 83.3 Å². The third-order valence-electron chi connectivity index (χ3n) is 3.05. The van der Waals surface area contributed by atoms with E-state index in [9.17, 15) is 4.79 Å². The number of azo groups is 1. The molecule has 0 aliphatic rings. The lowest BCUT2D eigenvalue weighted by atomic mass is 10.3. The number of carbonyl (C=O) groups is 1. The van der Waals surface area contributed by atoms with Crippen LogP contribution in [-0.4, -0.2) is 11.0 Å². The van der Waals surface area contributed by atoms with E-state index in [0.29, 0.717) is 27.7 Å². The highest BCUT2D eigenvalue weighted by atomic mass is 35.5. The smallest absolute Gasteiger partial charge is 0.345 e. The Balaban J connectivity index is 1.65. The quantitative estimate of drug-likeness (QED) is 0.365. The van der Waals surface area contributed by atoms with E-state index in [4.69, 9.17) is 16.3 Å². The molecule has 6 heteroatoms. The van der Waals surface area contributed by atoms with Gasteiger partial charge in [0, 0.05) is 17.4 Å². The molecule has 118 valence electrons. The molecule has 0 saturated carbocycles. The Hall–Kier alpha value is -3.05. The van der Waals surface area contributed by atoms with Gasteiger partial charge in [-0.15, -0.1) is 0 Å². The van der Waals surface area contributed by atoms with E-state index in [2.05, 4.69) is 15.2 Å². The van der Waals surface area contributed by atoms with Gasteiger partial charge in [-0.1, -0.05) is 11.6 Å². The van der Waals surface area contributed by atoms with Gasteiger partial charge in [0.15, 0.2) is 0 Å². The average molecular weight is 338 g/mol. The number of nitrogens with zero attached hydrogens (tertiary/aromatic N) is 3. The predicted octanol–water partition coefficient (Wildman–Crippen LogP) is 5.37. The van der Waals surface area contributed by atoms with Crippen LogP contribution in [0.5, 0.6) is 5.75 Å². The Morgan fingerprint density at radius 3 is 2.12 bits per heavy atom. The molecule has 0 bridgehead atoms. The molecule has 1 heterocycles. The number of hydrogen-bond donors (Lipinski definition) is 0. The van der Waals surface area contributed by atoms with Crippen molar-refractivity contribution in [1.82, 2.24) is 4.98 Å². The molecule has 0 aliphatic carbocycles. The fourth-order valence-electron chi connectivity index (χ4n) is 1.85. The molecule has 5 nitrogen and oxygen atoms in total. The van der Waals surface area contributed by atoms with Crippen LogP contribution in [0.4, 0.5) is 11.4 Å². The van der Waals surface area contributed by atoms with Crippen LogP contribution in [0, 0.1) is 0 Å². The molecule has 0 fully saturated rings. The zero-order chi connectivity index (χ0) is 16.8. The Morgan fingerprint density at radius 1 is 0.917 bits per heavy atom. The van der Waals surface area contributed by atoms with Gasteiger partial charge in [-0.2, -0.15) is 10.2 Å². The molecule has 0 N–H and O–H groups in total. The maximum absolute atomic E-state index is 11.9. The average Bonchev–Trinajstić information content (AvgIpc) is 2.63. The summed E-state index contributed by atoms with van der Waals surface area (Å²) < 4.78 is 5.27. The lowest BCUT2D eigenvalue weighted by Gasteiger charge is -2.03. The fourth-order valence-corrected chi connectivity index (χ4v) is 1.98. The van der Waals surface area contributed by atoms with E-state index >= 15 is 0 Å². The van der Waals surface area contributed by atoms with E-state index in [-0.39, 0.29) is 0 Å². The molecule has 1 aromatic heterocycles. The van der Waals surface area contributed by atoms with Crippen LogP contribution in [0.2, 0.25) is 5.02 Å². The third kappa shape index (κ3) is 4.24. The van der Waals surface area contributed by atoms with Gasteiger partial charge in [0.2, 0.25) is 0 Å². The van der Waals surface area contributed by atoms with E-state index in [0.717, 1.165) is 0 Å². The van der Waals surface area contributed by atoms with Gasteiger partial charge in [0.05, 0.1) is 16.9 Å². The highest BCUT2D eigenvalue weighted by molar-refractivity contribution is 6.30. The van der Waals surface area contributed by atoms with Crippen LogP contribution in [-0.2, 0) is 0 Å². The van der Waals surface area contributed by atoms with Crippen molar-refractivity contribution in [2.24, 2.45) is 10.2 Å². The fraction of sp³-hybridized carbons (Fsp3) is 0. The summed E-state index contributed by atoms with van der Waals surface area (Å²) in [5, 5.41) is 8.87. The van der Waals surface area contributed by atoms with Gasteiger partial charge >= 0.3 is 5.97 Å². The minimum atomic E-state index is -0.460. The van der Waals surface area contributed by atoms with Crippen LogP contribution in [0.25, 0.3) is 0 Å². The number of aromatic nitrogens is 1. The first-order valence-corrected chi connectivity index (χ1v) is 7.48. The minimum absolute atomic E-state index is 0.393. The Kier molecular flexibility index (Phi) is 4.93. The second-order valence-electron chi connectivity index (χ2n) is 4.80. The highest BCUT2D eigenvalue weighted by Crippen LogP contribution is 2.22. The molecule has 24 heavy (non-hydrogen) atoms. The van der Waals surface area contributed by atoms with Crippen molar-refractivity contribution in [3.63, 3.8) is 0 Å². The Labute approximate surface area is 143 Å². The molecule has 0 radical (unpaired) electrons. The summed E-state index contributed by atoms with van der Waals surface area (Å²) in [6.45, 7) is 0. The maximum atomic E-state index is 11.9. The topological polar surface area (TPSA) is 63.9 Å². The van der Waals surface area contributed by atoms with Gasteiger partial charge in [0.1, 0.15) is 5.75 Å². The van der Waals surface area contributed by atoms with Gasteiger partial charge in [-0.05, 0) is 60.7 Å². The maximum Gasteiger partial charge on any atom is 0.345 e. The molecule has 0 atom stereocenters. The second kappa shape index (κ2) is 7.48. The van der Waals surface area contributed by atoms with Gasteiger partial charge in [0.25, 0.3) is 0 Å². The van der Waals surface area contributed by atoms with Crippen molar-refractivity contribution in [3.8, 4) is 5.75 Å². The lowest BCUT2D eigenvalue weighted by Crippen LogP contribution is -2.08. The molecule has 3 rings (SSSR count). The first kappa shape index (κ1) is 15.8. The van der Waals surface area contributed by atoms with E-state index < -0.39 is 5.97 Å². The zero-order valence-corrected chi connectivity index (χ0v) is 13.2. The summed E-state index contributed by atoms with van der Waals surface area (Å²) in [5.41, 5.74) is 1.74. The molecule has 0 amide bonds. The van der Waals surface area contributed by atoms with E-state index in [1.807, 2.05) is 0 Å². The Morgan fingerprint density at radius 2 is 1.54 bits per heavy atom. The van der Waals surface area contributed by atoms with Gasteiger partial charge in [-0.3, -0.25) is 4.98 Å². The van der Waals surface area contributed by atoms with Crippen molar-refractivity contribution in [2.45, 2.75) is 0 Å². The first-order valence-electron chi connectivity index (χ1n) is 7.10. The number of pyridine rings is 1. The summed E-state index contributed by atoms with van der Waals surface area (Å²) in [7, 11) is 0. The van der Waals surface area contributed by atoms with Crippen LogP contribution < -0.4 is 4.74 Å². The van der Waals surface area contributed by atoms with Crippen molar-refractivity contribution < 1.29 is 9.53 Å². The molecule has 0 spiro atoms. The summed E-state index contributed by atoms with van der Waals surface area (Å²) in [6, 6.07) is 17.1. The minimum Gasteiger partial charge on any atom is -0.423 e. The zero-order valence-electron chi connectivity index (χ0n) is 12.5. The predicted molar refractivity (Wildman–Crippen MR) is 91.3 cm³/mol. The molecule has 3 aromatic rings. The largest absolute Gasteiger partial charge is 0.423 e. The van der Waals surface area contributed by atoms with Gasteiger partial charge in [-0.25, -0.2) is 4.79 Å². The molecule has 2 aromatic carbocycles. The Bertz CT molecular complexity index is 848. The number of rotatable bonds is 4. The molecule has 0 aliphatic heterocycles. The number of halogens is 1. The van der Waals surface area contributed by atoms with Crippen molar-refractivity contribution >= 4 is 28.9 Å². The number of hydrogen-bond acceptors (Lipinski definition) is 5. The van der Waals surface area contributed by atoms with E-state index in [1.54, 1.807) is 66.9 Å². The molecule has 0 saturated heterocycles. The van der Waals surface area contributed by atoms with Gasteiger partial charge < -0.3 is 4.74 Å². The summed E-state index contributed by atoms with van der Waals surface area (Å²) in [6.07, 6.45) is 3.05. The van der Waals surface area contributed by atoms with E-state index in [1.165, 1.54) is 6.20 Å². The first-order chi connectivity index (χ1) is 11.7. The third-order valence-corrected chi connectivity index (χ3v) is 3.30. The second-order valence-corrected chi connectivity index (χ2v) is 5.24. The molecular formula is C18H12ClN3O2. The number of carbonyl (C=O) groups excluding carboxylic acids is 1. The highest BCUT2D eigenvalue weighted by Gasteiger charge is 2.07. The van der Waals surface area contributed by atoms with Crippen molar-refractivity contribution in [3.05, 3.63) is 83.6 Å².